The Kier molecular flexibility index (Phi) is 2.94. The van der Waals surface area contributed by atoms with Gasteiger partial charge in [0.25, 0.3) is 5.91 Å². The predicted molar refractivity (Wildman–Crippen MR) is 82.1 cm³/mol. The molecule has 0 radical (unpaired) electrons. The van der Waals surface area contributed by atoms with Crippen molar-refractivity contribution in [3.63, 3.8) is 0 Å². The molecular weight excluding hydrogens is 246 g/mol. The molecule has 2 heteroatoms. The average molecular weight is 263 g/mol. The van der Waals surface area contributed by atoms with Gasteiger partial charge in [-0.2, -0.15) is 0 Å². The Bertz CT molecular complexity index is 702. The SMILES string of the molecule is C=CC1c2ccccc2C(=O)N1c1ccc(C)cc1C. The number of hydrogen-bond donors (Lipinski definition) is 0. The zero-order chi connectivity index (χ0) is 14.3. The van der Waals surface area contributed by atoms with Gasteiger partial charge >= 0.3 is 0 Å². The van der Waals surface area contributed by atoms with E-state index in [4.69, 9.17) is 0 Å². The van der Waals surface area contributed by atoms with Gasteiger partial charge in [-0.15, -0.1) is 6.58 Å². The lowest BCUT2D eigenvalue weighted by molar-refractivity contribution is 0.0994. The molecule has 1 aliphatic rings. The van der Waals surface area contributed by atoms with Gasteiger partial charge in [-0.1, -0.05) is 42.0 Å². The molecule has 0 spiro atoms. The van der Waals surface area contributed by atoms with E-state index in [0.29, 0.717) is 0 Å². The van der Waals surface area contributed by atoms with Gasteiger partial charge in [0.05, 0.1) is 6.04 Å². The summed E-state index contributed by atoms with van der Waals surface area (Å²) in [7, 11) is 0. The second kappa shape index (κ2) is 4.64. The van der Waals surface area contributed by atoms with Gasteiger partial charge in [0, 0.05) is 11.3 Å². The van der Waals surface area contributed by atoms with E-state index in [0.717, 1.165) is 22.4 Å². The first kappa shape index (κ1) is 12.7. The number of nitrogens with zero attached hydrogens (tertiary/aromatic N) is 1. The van der Waals surface area contributed by atoms with E-state index in [1.165, 1.54) is 5.56 Å². The quantitative estimate of drug-likeness (QED) is 0.744. The Morgan fingerprint density at radius 1 is 1.15 bits per heavy atom. The first-order valence-electron chi connectivity index (χ1n) is 6.76. The molecule has 2 aromatic rings. The third-order valence-corrected chi connectivity index (χ3v) is 3.84. The van der Waals surface area contributed by atoms with Crippen LogP contribution in [0.3, 0.4) is 0 Å². The van der Waals surface area contributed by atoms with Crippen LogP contribution in [0.4, 0.5) is 5.69 Å². The number of amides is 1. The summed E-state index contributed by atoms with van der Waals surface area (Å²) in [6, 6.07) is 13.8. The molecule has 2 nitrogen and oxygen atoms in total. The summed E-state index contributed by atoms with van der Waals surface area (Å²) in [5, 5.41) is 0. The van der Waals surface area contributed by atoms with Crippen LogP contribution in [-0.2, 0) is 0 Å². The van der Waals surface area contributed by atoms with Gasteiger partial charge in [-0.05, 0) is 37.1 Å². The van der Waals surface area contributed by atoms with Crippen molar-refractivity contribution in [2.24, 2.45) is 0 Å². The van der Waals surface area contributed by atoms with Gasteiger partial charge in [0.15, 0.2) is 0 Å². The predicted octanol–water partition coefficient (Wildman–Crippen LogP) is 4.19. The second-order valence-electron chi connectivity index (χ2n) is 5.23. The monoisotopic (exact) mass is 263 g/mol. The van der Waals surface area contributed by atoms with Gasteiger partial charge in [0.1, 0.15) is 0 Å². The van der Waals surface area contributed by atoms with Crippen molar-refractivity contribution in [1.82, 2.24) is 0 Å². The lowest BCUT2D eigenvalue weighted by Gasteiger charge is -2.24. The van der Waals surface area contributed by atoms with Gasteiger partial charge in [0.2, 0.25) is 0 Å². The molecule has 1 amide bonds. The summed E-state index contributed by atoms with van der Waals surface area (Å²) in [5.41, 5.74) is 5.08. The van der Waals surface area contributed by atoms with Crippen molar-refractivity contribution in [1.29, 1.82) is 0 Å². The van der Waals surface area contributed by atoms with Crippen molar-refractivity contribution in [2.75, 3.05) is 4.90 Å². The Morgan fingerprint density at radius 3 is 2.60 bits per heavy atom. The third-order valence-electron chi connectivity index (χ3n) is 3.84. The number of benzene rings is 2. The lowest BCUT2D eigenvalue weighted by atomic mass is 10.0. The Labute approximate surface area is 119 Å². The molecule has 2 aromatic carbocycles. The summed E-state index contributed by atoms with van der Waals surface area (Å²) in [6.07, 6.45) is 1.84. The summed E-state index contributed by atoms with van der Waals surface area (Å²) >= 11 is 0. The molecule has 0 fully saturated rings. The highest BCUT2D eigenvalue weighted by Gasteiger charge is 2.36. The summed E-state index contributed by atoms with van der Waals surface area (Å²) < 4.78 is 0. The maximum absolute atomic E-state index is 12.7. The number of carbonyl (C=O) groups excluding carboxylic acids is 1. The van der Waals surface area contributed by atoms with Crippen LogP contribution < -0.4 is 4.90 Å². The van der Waals surface area contributed by atoms with Crippen molar-refractivity contribution in [3.8, 4) is 0 Å². The molecule has 0 N–H and O–H groups in total. The number of rotatable bonds is 2. The third kappa shape index (κ3) is 1.76. The standard InChI is InChI=1S/C18H17NO/c1-4-16-14-7-5-6-8-15(14)18(20)19(16)17-10-9-12(2)11-13(17)3/h4-11,16H,1H2,2-3H3. The first-order chi connectivity index (χ1) is 9.63. The van der Waals surface area contributed by atoms with Crippen LogP contribution in [0.15, 0.2) is 55.1 Å². The molecule has 0 aromatic heterocycles. The van der Waals surface area contributed by atoms with Crippen molar-refractivity contribution >= 4 is 11.6 Å². The fourth-order valence-corrected chi connectivity index (χ4v) is 2.91. The smallest absolute Gasteiger partial charge is 0.259 e. The van der Waals surface area contributed by atoms with Crippen molar-refractivity contribution in [2.45, 2.75) is 19.9 Å². The minimum Gasteiger partial charge on any atom is -0.297 e. The zero-order valence-corrected chi connectivity index (χ0v) is 11.8. The van der Waals surface area contributed by atoms with Crippen molar-refractivity contribution < 1.29 is 4.79 Å². The minimum absolute atomic E-state index is 0.0532. The summed E-state index contributed by atoms with van der Waals surface area (Å²) in [5.74, 6) is 0.0532. The van der Waals surface area contributed by atoms with Crippen LogP contribution in [0, 0.1) is 13.8 Å². The highest BCUT2D eigenvalue weighted by Crippen LogP contribution is 2.39. The largest absolute Gasteiger partial charge is 0.297 e. The second-order valence-corrected chi connectivity index (χ2v) is 5.23. The van der Waals surface area contributed by atoms with Crippen LogP contribution in [-0.4, -0.2) is 5.91 Å². The van der Waals surface area contributed by atoms with E-state index in [1.807, 2.05) is 54.3 Å². The molecule has 0 bridgehead atoms. The molecular formula is C18H17NO. The molecule has 100 valence electrons. The lowest BCUT2D eigenvalue weighted by Crippen LogP contribution is -2.27. The molecule has 1 atom stereocenters. The van der Waals surface area contributed by atoms with Crippen molar-refractivity contribution in [3.05, 3.63) is 77.4 Å². The number of aryl methyl sites for hydroxylation is 2. The molecule has 3 rings (SSSR count). The van der Waals surface area contributed by atoms with Crippen LogP contribution in [0.25, 0.3) is 0 Å². The Balaban J connectivity index is 2.15. The maximum atomic E-state index is 12.7. The topological polar surface area (TPSA) is 20.3 Å². The highest BCUT2D eigenvalue weighted by molar-refractivity contribution is 6.11. The molecule has 20 heavy (non-hydrogen) atoms. The van der Waals surface area contributed by atoms with Crippen LogP contribution in [0.1, 0.15) is 33.1 Å². The molecule has 0 aliphatic carbocycles. The molecule has 0 saturated carbocycles. The number of hydrogen-bond acceptors (Lipinski definition) is 1. The van der Waals surface area contributed by atoms with Crippen LogP contribution in [0.2, 0.25) is 0 Å². The van der Waals surface area contributed by atoms with Crippen LogP contribution in [0.5, 0.6) is 0 Å². The zero-order valence-electron chi connectivity index (χ0n) is 11.8. The van der Waals surface area contributed by atoms with E-state index in [-0.39, 0.29) is 11.9 Å². The summed E-state index contributed by atoms with van der Waals surface area (Å²) in [6.45, 7) is 8.00. The van der Waals surface area contributed by atoms with Gasteiger partial charge in [-0.3, -0.25) is 9.69 Å². The Hall–Kier alpha value is -2.35. The normalized spacial score (nSPS) is 17.2. The molecule has 1 unspecified atom stereocenters. The molecule has 0 saturated heterocycles. The highest BCUT2D eigenvalue weighted by atomic mass is 16.2. The van der Waals surface area contributed by atoms with E-state index in [2.05, 4.69) is 19.6 Å². The van der Waals surface area contributed by atoms with Crippen LogP contribution >= 0.6 is 0 Å². The fraction of sp³-hybridized carbons (Fsp3) is 0.167. The number of anilines is 1. The van der Waals surface area contributed by atoms with E-state index < -0.39 is 0 Å². The minimum atomic E-state index is -0.0832. The van der Waals surface area contributed by atoms with Gasteiger partial charge < -0.3 is 0 Å². The Morgan fingerprint density at radius 2 is 1.90 bits per heavy atom. The molecule has 1 aliphatic heterocycles. The van der Waals surface area contributed by atoms with E-state index >= 15 is 0 Å². The maximum Gasteiger partial charge on any atom is 0.259 e. The summed E-state index contributed by atoms with van der Waals surface area (Å²) in [4.78, 5) is 14.5. The first-order valence-corrected chi connectivity index (χ1v) is 6.76. The van der Waals surface area contributed by atoms with Gasteiger partial charge in [-0.25, -0.2) is 0 Å². The number of fused-ring (bicyclic) bond motifs is 1. The number of carbonyl (C=O) groups is 1. The van der Waals surface area contributed by atoms with E-state index in [1.54, 1.807) is 0 Å². The molecule has 1 heterocycles. The van der Waals surface area contributed by atoms with E-state index in [9.17, 15) is 4.79 Å². The average Bonchev–Trinajstić information content (AvgIpc) is 2.72. The fourth-order valence-electron chi connectivity index (χ4n) is 2.91.